The molecule has 1 amide bonds. The van der Waals surface area contributed by atoms with E-state index in [1.54, 1.807) is 0 Å². The van der Waals surface area contributed by atoms with Crippen molar-refractivity contribution in [3.63, 3.8) is 0 Å². The summed E-state index contributed by atoms with van der Waals surface area (Å²) in [4.78, 5) is 11.6. The predicted octanol–water partition coefficient (Wildman–Crippen LogP) is 1.96. The van der Waals surface area contributed by atoms with Gasteiger partial charge in [-0.1, -0.05) is 0 Å². The largest absolute Gasteiger partial charge is 0.351 e. The molecule has 0 heterocycles. The van der Waals surface area contributed by atoms with Crippen LogP contribution >= 0.6 is 0 Å². The number of hydrogen-bond donors (Lipinski definition) is 1. The first-order valence-electron chi connectivity index (χ1n) is 5.00. The van der Waals surface area contributed by atoms with Crippen molar-refractivity contribution in [1.82, 2.24) is 5.32 Å². The van der Waals surface area contributed by atoms with Crippen LogP contribution in [0.5, 0.6) is 0 Å². The highest BCUT2D eigenvalue weighted by Gasteiger charge is 2.17. The average molecular weight is 216 g/mol. The van der Waals surface area contributed by atoms with Crippen molar-refractivity contribution in [2.45, 2.75) is 0 Å². The van der Waals surface area contributed by atoms with Gasteiger partial charge >= 0.3 is 0 Å². The molecule has 2 nitrogen and oxygen atoms in total. The van der Waals surface area contributed by atoms with Gasteiger partial charge in [-0.2, -0.15) is 0 Å². The highest BCUT2D eigenvalue weighted by atomic mass is 19.1. The van der Waals surface area contributed by atoms with E-state index in [1.165, 1.54) is 24.3 Å². The smallest absolute Gasteiger partial charge is 0.251 e. The summed E-state index contributed by atoms with van der Waals surface area (Å²) in [6, 6.07) is 5.49. The van der Waals surface area contributed by atoms with E-state index in [9.17, 15) is 9.18 Å². The number of carbonyl (C=O) groups is 1. The number of benzene rings is 1. The number of hydrogen-bond acceptors (Lipinski definition) is 1. The summed E-state index contributed by atoms with van der Waals surface area (Å²) in [6.07, 6.45) is 7.70. The summed E-state index contributed by atoms with van der Waals surface area (Å²) in [5.74, 6) is 0.518. The molecule has 3 heteroatoms. The molecule has 1 aromatic rings. The molecule has 81 valence electrons. The number of amides is 1. The minimum Gasteiger partial charge on any atom is -0.351 e. The second kappa shape index (κ2) is 5.10. The number of nitrogens with one attached hydrogen (secondary N) is 1. The zero-order valence-corrected chi connectivity index (χ0v) is 8.61. The molecule has 0 spiro atoms. The second-order valence-corrected chi connectivity index (χ2v) is 3.48. The Bertz CT molecular complexity index is 355. The van der Waals surface area contributed by atoms with E-state index in [0.717, 1.165) is 5.92 Å². The fraction of sp³-hybridized carbons (Fsp3) is 0.0769. The van der Waals surface area contributed by atoms with Gasteiger partial charge in [-0.3, -0.25) is 4.79 Å². The summed E-state index contributed by atoms with van der Waals surface area (Å²) in [6.45, 7) is 0.489. The van der Waals surface area contributed by atoms with Gasteiger partial charge in [0.05, 0.1) is 0 Å². The molecule has 2 rings (SSSR count). The molecule has 5 radical (unpaired) electrons. The van der Waals surface area contributed by atoms with Gasteiger partial charge in [0, 0.05) is 18.0 Å². The van der Waals surface area contributed by atoms with Crippen LogP contribution in [-0.2, 0) is 0 Å². The topological polar surface area (TPSA) is 29.1 Å². The van der Waals surface area contributed by atoms with Crippen LogP contribution in [0, 0.1) is 37.4 Å². The van der Waals surface area contributed by atoms with Crippen LogP contribution in [-0.4, -0.2) is 12.5 Å². The summed E-state index contributed by atoms with van der Waals surface area (Å²) in [7, 11) is 0. The van der Waals surface area contributed by atoms with Crippen LogP contribution in [0.3, 0.4) is 0 Å². The Morgan fingerprint density at radius 2 is 1.75 bits per heavy atom. The van der Waals surface area contributed by atoms with Crippen molar-refractivity contribution in [2.75, 3.05) is 6.54 Å². The highest BCUT2D eigenvalue weighted by Crippen LogP contribution is 2.21. The molecule has 0 saturated heterocycles. The van der Waals surface area contributed by atoms with Crippen LogP contribution in [0.2, 0.25) is 0 Å². The molecule has 0 aromatic heterocycles. The van der Waals surface area contributed by atoms with Crippen LogP contribution < -0.4 is 5.32 Å². The maximum Gasteiger partial charge on any atom is 0.251 e. The quantitative estimate of drug-likeness (QED) is 0.822. The zero-order valence-electron chi connectivity index (χ0n) is 8.61. The number of carbonyl (C=O) groups excluding carboxylic acids is 1. The fourth-order valence-corrected chi connectivity index (χ4v) is 1.42. The molecule has 1 aliphatic carbocycles. The molecular formula is C13H11FNO. The second-order valence-electron chi connectivity index (χ2n) is 3.48. The third-order valence-electron chi connectivity index (χ3n) is 2.29. The molecule has 1 aliphatic rings. The highest BCUT2D eigenvalue weighted by molar-refractivity contribution is 5.94. The van der Waals surface area contributed by atoms with Crippen molar-refractivity contribution in [3.05, 3.63) is 67.2 Å². The van der Waals surface area contributed by atoms with Gasteiger partial charge in [0.2, 0.25) is 0 Å². The fourth-order valence-electron chi connectivity index (χ4n) is 1.42. The maximum atomic E-state index is 12.6. The molecule has 1 N–H and O–H groups in total. The maximum absolute atomic E-state index is 12.6. The normalized spacial score (nSPS) is 16.3. The van der Waals surface area contributed by atoms with E-state index in [2.05, 4.69) is 5.32 Å². The monoisotopic (exact) mass is 216 g/mol. The van der Waals surface area contributed by atoms with E-state index in [-0.39, 0.29) is 11.7 Å². The Hall–Kier alpha value is -1.38. The van der Waals surface area contributed by atoms with Gasteiger partial charge in [0.25, 0.3) is 5.91 Å². The van der Waals surface area contributed by atoms with Crippen LogP contribution in [0.4, 0.5) is 4.39 Å². The standard InChI is InChI=1S/C13H11FNO/c14-12-7-5-11(6-8-12)13(16)15-9-10-3-1-2-4-10/h1-8H,9H2,(H,15,16). The van der Waals surface area contributed by atoms with E-state index >= 15 is 0 Å². The third kappa shape index (κ3) is 2.81. The molecule has 1 fully saturated rings. The molecule has 0 aliphatic heterocycles. The van der Waals surface area contributed by atoms with Crippen molar-refractivity contribution in [2.24, 2.45) is 0 Å². The van der Waals surface area contributed by atoms with Crippen molar-refractivity contribution < 1.29 is 9.18 Å². The number of halogens is 1. The van der Waals surface area contributed by atoms with E-state index in [1.807, 2.05) is 25.7 Å². The Labute approximate surface area is 94.9 Å². The Kier molecular flexibility index (Phi) is 3.54. The lowest BCUT2D eigenvalue weighted by atomic mass is 10.1. The lowest BCUT2D eigenvalue weighted by Crippen LogP contribution is -2.27. The predicted molar refractivity (Wildman–Crippen MR) is 59.2 cm³/mol. The van der Waals surface area contributed by atoms with E-state index < -0.39 is 0 Å². The first kappa shape index (κ1) is 11.1. The zero-order chi connectivity index (χ0) is 11.4. The van der Waals surface area contributed by atoms with Crippen molar-refractivity contribution in [3.8, 4) is 0 Å². The summed E-state index contributed by atoms with van der Waals surface area (Å²) < 4.78 is 12.6. The van der Waals surface area contributed by atoms with Gasteiger partial charge in [-0.15, -0.1) is 0 Å². The molecule has 16 heavy (non-hydrogen) atoms. The first-order chi connectivity index (χ1) is 7.75. The SMILES string of the molecule is O=C(NC[C]1[CH][CH][CH][CH]1)c1ccc(F)cc1. The van der Waals surface area contributed by atoms with Crippen molar-refractivity contribution in [1.29, 1.82) is 0 Å². The van der Waals surface area contributed by atoms with Gasteiger partial charge in [-0.05, 0) is 49.9 Å². The lowest BCUT2D eigenvalue weighted by molar-refractivity contribution is 0.0956. The molecule has 0 bridgehead atoms. The minimum absolute atomic E-state index is 0.193. The third-order valence-corrected chi connectivity index (χ3v) is 2.29. The first-order valence-corrected chi connectivity index (χ1v) is 5.00. The van der Waals surface area contributed by atoms with Crippen molar-refractivity contribution >= 4 is 5.91 Å². The van der Waals surface area contributed by atoms with E-state index in [0.29, 0.717) is 12.1 Å². The minimum atomic E-state index is -0.340. The van der Waals surface area contributed by atoms with E-state index in [4.69, 9.17) is 0 Å². The van der Waals surface area contributed by atoms with Gasteiger partial charge in [-0.25, -0.2) is 4.39 Å². The van der Waals surface area contributed by atoms with Crippen LogP contribution in [0.15, 0.2) is 24.3 Å². The van der Waals surface area contributed by atoms with Gasteiger partial charge < -0.3 is 5.32 Å². The molecule has 1 saturated carbocycles. The van der Waals surface area contributed by atoms with Crippen LogP contribution in [0.1, 0.15) is 10.4 Å². The average Bonchev–Trinajstić information content (AvgIpc) is 2.80. The lowest BCUT2D eigenvalue weighted by Gasteiger charge is -2.09. The summed E-state index contributed by atoms with van der Waals surface area (Å²) in [5, 5.41) is 2.76. The Morgan fingerprint density at radius 1 is 1.12 bits per heavy atom. The van der Waals surface area contributed by atoms with Crippen LogP contribution in [0.25, 0.3) is 0 Å². The Morgan fingerprint density at radius 3 is 2.38 bits per heavy atom. The van der Waals surface area contributed by atoms with Gasteiger partial charge in [0.15, 0.2) is 0 Å². The molecule has 0 atom stereocenters. The Balaban J connectivity index is 1.85. The summed E-state index contributed by atoms with van der Waals surface area (Å²) in [5.41, 5.74) is 0.466. The molecular weight excluding hydrogens is 205 g/mol. The number of rotatable bonds is 3. The molecule has 0 unspecified atom stereocenters. The van der Waals surface area contributed by atoms with Gasteiger partial charge in [0.1, 0.15) is 5.82 Å². The summed E-state index contributed by atoms with van der Waals surface area (Å²) >= 11 is 0. The molecule has 1 aromatic carbocycles.